The maximum Gasteiger partial charge on any atom is 0.262 e. The fourth-order valence-corrected chi connectivity index (χ4v) is 3.08. The van der Waals surface area contributed by atoms with Crippen molar-refractivity contribution in [2.24, 2.45) is 0 Å². The molecule has 6 heteroatoms. The van der Waals surface area contributed by atoms with Crippen LogP contribution in [0.3, 0.4) is 0 Å². The number of carbonyl (C=O) groups excluding carboxylic acids is 1. The zero-order chi connectivity index (χ0) is 22.1. The summed E-state index contributed by atoms with van der Waals surface area (Å²) in [6.07, 6.45) is 0.612. The van der Waals surface area contributed by atoms with Crippen LogP contribution < -0.4 is 20.1 Å². The molecule has 0 radical (unpaired) electrons. The quantitative estimate of drug-likeness (QED) is 0.473. The van der Waals surface area contributed by atoms with E-state index in [-0.39, 0.29) is 18.3 Å². The van der Waals surface area contributed by atoms with Gasteiger partial charge in [-0.1, -0.05) is 42.0 Å². The first kappa shape index (κ1) is 22.3. The van der Waals surface area contributed by atoms with Gasteiger partial charge in [0.05, 0.1) is 7.11 Å². The number of halogens is 1. The number of hydrogen-bond donors (Lipinski definition) is 2. The molecule has 0 spiro atoms. The molecule has 1 amide bonds. The highest BCUT2D eigenvalue weighted by Gasteiger charge is 2.09. The minimum atomic E-state index is -0.246. The highest BCUT2D eigenvalue weighted by molar-refractivity contribution is 5.91. The molecule has 0 aliphatic carbocycles. The van der Waals surface area contributed by atoms with Crippen LogP contribution >= 0.6 is 0 Å². The summed E-state index contributed by atoms with van der Waals surface area (Å²) in [5.41, 5.74) is 3.55. The maximum atomic E-state index is 13.7. The third-order valence-electron chi connectivity index (χ3n) is 4.78. The Morgan fingerprint density at radius 2 is 1.77 bits per heavy atom. The molecule has 0 atom stereocenters. The monoisotopic (exact) mass is 422 g/mol. The third kappa shape index (κ3) is 6.83. The number of benzene rings is 3. The number of hydrogen-bond acceptors (Lipinski definition) is 4. The lowest BCUT2D eigenvalue weighted by Gasteiger charge is -2.13. The summed E-state index contributed by atoms with van der Waals surface area (Å²) >= 11 is 0. The van der Waals surface area contributed by atoms with Gasteiger partial charge < -0.3 is 20.1 Å². The molecule has 3 aromatic carbocycles. The summed E-state index contributed by atoms with van der Waals surface area (Å²) in [5, 5.41) is 6.10. The van der Waals surface area contributed by atoms with Gasteiger partial charge in [-0.15, -0.1) is 0 Å². The number of methoxy groups -OCH3 is 1. The van der Waals surface area contributed by atoms with E-state index >= 15 is 0 Å². The minimum Gasteiger partial charge on any atom is -0.493 e. The van der Waals surface area contributed by atoms with Crippen LogP contribution in [0, 0.1) is 12.7 Å². The first-order valence-electron chi connectivity index (χ1n) is 10.2. The van der Waals surface area contributed by atoms with E-state index in [4.69, 9.17) is 9.47 Å². The van der Waals surface area contributed by atoms with Gasteiger partial charge in [-0.3, -0.25) is 4.79 Å². The fourth-order valence-electron chi connectivity index (χ4n) is 3.08. The third-order valence-corrected chi connectivity index (χ3v) is 4.78. The van der Waals surface area contributed by atoms with Gasteiger partial charge in [0.2, 0.25) is 0 Å². The summed E-state index contributed by atoms with van der Waals surface area (Å²) < 4.78 is 24.7. The molecule has 0 bridgehead atoms. The van der Waals surface area contributed by atoms with E-state index in [1.165, 1.54) is 6.07 Å². The molecular formula is C25H27FN2O3. The van der Waals surface area contributed by atoms with Crippen LogP contribution in [-0.2, 0) is 17.8 Å². The second-order valence-corrected chi connectivity index (χ2v) is 7.21. The number of nitrogens with one attached hydrogen (secondary N) is 2. The molecule has 0 fully saturated rings. The Hall–Kier alpha value is -3.38. The van der Waals surface area contributed by atoms with Crippen LogP contribution in [0.4, 0.5) is 10.1 Å². The largest absolute Gasteiger partial charge is 0.493 e. The van der Waals surface area contributed by atoms with Gasteiger partial charge in [-0.25, -0.2) is 4.39 Å². The molecule has 0 aliphatic rings. The molecule has 2 N–H and O–H groups in total. The molecule has 0 saturated heterocycles. The van der Waals surface area contributed by atoms with E-state index in [2.05, 4.69) is 10.6 Å². The number of carbonyl (C=O) groups is 1. The van der Waals surface area contributed by atoms with Crippen molar-refractivity contribution in [1.29, 1.82) is 0 Å². The highest BCUT2D eigenvalue weighted by Crippen LogP contribution is 2.28. The molecule has 0 aliphatic heterocycles. The molecule has 0 unspecified atom stereocenters. The second-order valence-electron chi connectivity index (χ2n) is 7.21. The van der Waals surface area contributed by atoms with Gasteiger partial charge in [0.15, 0.2) is 18.1 Å². The Kier molecular flexibility index (Phi) is 8.01. The van der Waals surface area contributed by atoms with Gasteiger partial charge in [-0.05, 0) is 61.3 Å². The van der Waals surface area contributed by atoms with Gasteiger partial charge in [0.1, 0.15) is 5.82 Å². The highest BCUT2D eigenvalue weighted by atomic mass is 19.1. The molecule has 3 rings (SSSR count). The summed E-state index contributed by atoms with van der Waals surface area (Å²) in [6.45, 7) is 3.13. The van der Waals surface area contributed by atoms with E-state index in [9.17, 15) is 9.18 Å². The number of amides is 1. The van der Waals surface area contributed by atoms with Crippen LogP contribution in [0.5, 0.6) is 11.5 Å². The molecule has 162 valence electrons. The van der Waals surface area contributed by atoms with Crippen molar-refractivity contribution in [3.8, 4) is 11.5 Å². The molecule has 0 heterocycles. The molecule has 0 aromatic heterocycles. The average Bonchev–Trinajstić information content (AvgIpc) is 2.78. The molecule has 3 aromatic rings. The molecule has 0 saturated carbocycles. The lowest BCUT2D eigenvalue weighted by Crippen LogP contribution is -2.20. The van der Waals surface area contributed by atoms with Crippen LogP contribution in [0.25, 0.3) is 0 Å². The molecule has 5 nitrogen and oxygen atoms in total. The van der Waals surface area contributed by atoms with Crippen molar-refractivity contribution in [3.63, 3.8) is 0 Å². The lowest BCUT2D eigenvalue weighted by molar-refractivity contribution is -0.118. The van der Waals surface area contributed by atoms with Gasteiger partial charge in [0.25, 0.3) is 5.91 Å². The Labute approximate surface area is 182 Å². The van der Waals surface area contributed by atoms with Gasteiger partial charge in [0, 0.05) is 12.2 Å². The summed E-state index contributed by atoms with van der Waals surface area (Å²) in [4.78, 5) is 12.1. The number of aryl methyl sites for hydroxylation is 1. The van der Waals surface area contributed by atoms with E-state index in [1.807, 2.05) is 49.4 Å². The van der Waals surface area contributed by atoms with Crippen molar-refractivity contribution in [1.82, 2.24) is 5.32 Å². The lowest BCUT2D eigenvalue weighted by atomic mass is 10.1. The van der Waals surface area contributed by atoms with Crippen molar-refractivity contribution >= 4 is 11.6 Å². The van der Waals surface area contributed by atoms with Crippen LogP contribution in [-0.4, -0.2) is 26.2 Å². The summed E-state index contributed by atoms with van der Waals surface area (Å²) in [7, 11) is 1.56. The van der Waals surface area contributed by atoms with Crippen molar-refractivity contribution < 1.29 is 18.7 Å². The zero-order valence-corrected chi connectivity index (χ0v) is 17.8. The topological polar surface area (TPSA) is 59.6 Å². The molecule has 31 heavy (non-hydrogen) atoms. The van der Waals surface area contributed by atoms with E-state index in [0.717, 1.165) is 16.8 Å². The maximum absolute atomic E-state index is 13.7. The Morgan fingerprint density at radius 1 is 1.00 bits per heavy atom. The zero-order valence-electron chi connectivity index (χ0n) is 17.8. The van der Waals surface area contributed by atoms with Crippen molar-refractivity contribution in [2.45, 2.75) is 19.9 Å². The van der Waals surface area contributed by atoms with Crippen molar-refractivity contribution in [2.75, 3.05) is 25.6 Å². The van der Waals surface area contributed by atoms with Crippen LogP contribution in [0.2, 0.25) is 0 Å². The number of rotatable bonds is 10. The van der Waals surface area contributed by atoms with Crippen LogP contribution in [0.1, 0.15) is 16.7 Å². The number of ether oxygens (including phenoxy) is 2. The Bertz CT molecular complexity index is 1010. The smallest absolute Gasteiger partial charge is 0.262 e. The Morgan fingerprint density at radius 3 is 2.52 bits per heavy atom. The Balaban J connectivity index is 1.48. The fraction of sp³-hybridized carbons (Fsp3) is 0.240. The van der Waals surface area contributed by atoms with Gasteiger partial charge in [-0.2, -0.15) is 0 Å². The number of anilines is 1. The molecular weight excluding hydrogens is 395 g/mol. The standard InChI is InChI=1S/C25H27FN2O3/c1-18-7-10-21(11-8-18)28-25(29)17-31-23-12-9-19(15-24(23)30-2)16-27-14-13-20-5-3-4-6-22(20)26/h3-12,15,27H,13-14,16-17H2,1-2H3,(H,28,29). The predicted octanol–water partition coefficient (Wildman–Crippen LogP) is 4.49. The van der Waals surface area contributed by atoms with Gasteiger partial charge >= 0.3 is 0 Å². The van der Waals surface area contributed by atoms with Crippen molar-refractivity contribution in [3.05, 3.63) is 89.2 Å². The summed E-state index contributed by atoms with van der Waals surface area (Å²) in [5.74, 6) is 0.622. The summed E-state index contributed by atoms with van der Waals surface area (Å²) in [6, 6.07) is 19.9. The predicted molar refractivity (Wildman–Crippen MR) is 120 cm³/mol. The second kappa shape index (κ2) is 11.1. The van der Waals surface area contributed by atoms with Crippen LogP contribution in [0.15, 0.2) is 66.7 Å². The van der Waals surface area contributed by atoms with E-state index < -0.39 is 0 Å². The van der Waals surface area contributed by atoms with E-state index in [1.54, 1.807) is 25.3 Å². The SMILES string of the molecule is COc1cc(CNCCc2ccccc2F)ccc1OCC(=O)Nc1ccc(C)cc1. The normalized spacial score (nSPS) is 10.5. The first-order chi connectivity index (χ1) is 15.0. The first-order valence-corrected chi connectivity index (χ1v) is 10.2. The average molecular weight is 423 g/mol. The van der Waals surface area contributed by atoms with E-state index in [0.29, 0.717) is 36.6 Å². The minimum absolute atomic E-state index is 0.121.